The van der Waals surface area contributed by atoms with Gasteiger partial charge in [0.15, 0.2) is 0 Å². The van der Waals surface area contributed by atoms with E-state index in [1.165, 1.54) is 13.1 Å². The van der Waals surface area contributed by atoms with Crippen LogP contribution in [0.2, 0.25) is 0 Å². The van der Waals surface area contributed by atoms with Crippen LogP contribution in [0.25, 0.3) is 0 Å². The van der Waals surface area contributed by atoms with Crippen LogP contribution in [0.15, 0.2) is 18.3 Å². The van der Waals surface area contributed by atoms with E-state index in [-0.39, 0.29) is 5.97 Å². The molecular weight excluding hydrogens is 130 g/mol. The van der Waals surface area contributed by atoms with Crippen molar-refractivity contribution in [2.75, 3.05) is 0 Å². The molecule has 1 aromatic rings. The minimum Gasteiger partial charge on any atom is -0.425 e. The molecule has 0 saturated carbocycles. The van der Waals surface area contributed by atoms with Gasteiger partial charge in [-0.25, -0.2) is 0 Å². The summed E-state index contributed by atoms with van der Waals surface area (Å²) in [5, 5.41) is 0. The molecule has 51 valence electrons. The van der Waals surface area contributed by atoms with E-state index >= 15 is 0 Å². The number of aromatic nitrogens is 1. The second-order valence-corrected chi connectivity index (χ2v) is 1.72. The van der Waals surface area contributed by atoms with Crippen molar-refractivity contribution in [1.82, 2.24) is 4.98 Å². The molecule has 1 heterocycles. The molecule has 1 rings (SSSR count). The smallest absolute Gasteiger partial charge is 0.308 e. The molecule has 10 heavy (non-hydrogen) atoms. The maximum Gasteiger partial charge on any atom is 0.308 e. The van der Waals surface area contributed by atoms with Gasteiger partial charge in [-0.3, -0.25) is 9.78 Å². The van der Waals surface area contributed by atoms with E-state index in [1.54, 1.807) is 12.1 Å². The molecule has 0 N–H and O–H groups in total. The zero-order chi connectivity index (χ0) is 7.40. The number of carbonyl (C=O) groups is 1. The predicted octanol–water partition coefficient (Wildman–Crippen LogP) is 0.807. The Labute approximate surface area is 58.7 Å². The lowest BCUT2D eigenvalue weighted by atomic mass is 10.5. The monoisotopic (exact) mass is 136 g/mol. The highest BCUT2D eigenvalue weighted by Crippen LogP contribution is 2.04. The lowest BCUT2D eigenvalue weighted by Gasteiger charge is -1.96. The summed E-state index contributed by atoms with van der Waals surface area (Å²) in [7, 11) is 0. The third kappa shape index (κ3) is 1.85. The van der Waals surface area contributed by atoms with E-state index in [0.717, 1.165) is 0 Å². The Bertz CT molecular complexity index is 220. The summed E-state index contributed by atoms with van der Waals surface area (Å²) >= 11 is 0. The summed E-state index contributed by atoms with van der Waals surface area (Å²) in [6.07, 6.45) is 4.00. The molecule has 0 spiro atoms. The molecule has 0 aromatic carbocycles. The Morgan fingerprint density at radius 2 is 2.60 bits per heavy atom. The highest BCUT2D eigenvalue weighted by atomic mass is 16.5. The van der Waals surface area contributed by atoms with Crippen LogP contribution in [0.4, 0.5) is 0 Å². The van der Waals surface area contributed by atoms with Crippen LogP contribution < -0.4 is 4.74 Å². The van der Waals surface area contributed by atoms with Crippen LogP contribution in [-0.4, -0.2) is 11.0 Å². The van der Waals surface area contributed by atoms with Crippen molar-refractivity contribution in [3.8, 4) is 5.75 Å². The van der Waals surface area contributed by atoms with Crippen molar-refractivity contribution in [2.45, 2.75) is 6.92 Å². The second kappa shape index (κ2) is 2.96. The molecule has 0 bridgehead atoms. The van der Waals surface area contributed by atoms with Crippen LogP contribution in [-0.2, 0) is 4.79 Å². The topological polar surface area (TPSA) is 39.2 Å². The number of nitrogens with zero attached hydrogens (tertiary/aromatic N) is 1. The maximum atomic E-state index is 10.4. The first-order valence-electron chi connectivity index (χ1n) is 2.79. The first-order chi connectivity index (χ1) is 4.79. The zero-order valence-electron chi connectivity index (χ0n) is 5.50. The quantitative estimate of drug-likeness (QED) is 0.536. The highest BCUT2D eigenvalue weighted by Gasteiger charge is 1.94. The maximum absolute atomic E-state index is 10.4. The van der Waals surface area contributed by atoms with Crippen molar-refractivity contribution in [3.63, 3.8) is 0 Å². The largest absolute Gasteiger partial charge is 0.425 e. The van der Waals surface area contributed by atoms with Crippen LogP contribution >= 0.6 is 0 Å². The predicted molar refractivity (Wildman–Crippen MR) is 34.4 cm³/mol. The molecule has 1 radical (unpaired) electrons. The minimum absolute atomic E-state index is 0.340. The number of hydrogen-bond donors (Lipinski definition) is 0. The van der Waals surface area contributed by atoms with E-state index in [4.69, 9.17) is 4.74 Å². The molecule has 3 heteroatoms. The van der Waals surface area contributed by atoms with Crippen LogP contribution in [0.5, 0.6) is 5.75 Å². The first kappa shape index (κ1) is 6.74. The van der Waals surface area contributed by atoms with Gasteiger partial charge in [0, 0.05) is 6.92 Å². The van der Waals surface area contributed by atoms with Gasteiger partial charge in [0.2, 0.25) is 0 Å². The van der Waals surface area contributed by atoms with E-state index in [0.29, 0.717) is 5.75 Å². The zero-order valence-corrected chi connectivity index (χ0v) is 5.50. The molecule has 0 aliphatic carbocycles. The van der Waals surface area contributed by atoms with Crippen LogP contribution in [0, 0.1) is 6.20 Å². The number of carbonyl (C=O) groups excluding carboxylic acids is 1. The Kier molecular flexibility index (Phi) is 1.99. The van der Waals surface area contributed by atoms with Gasteiger partial charge in [-0.1, -0.05) is 0 Å². The summed E-state index contributed by atoms with van der Waals surface area (Å²) in [6, 6.07) is 3.20. The standard InChI is InChI=1S/C7H6NO2/c1-6(9)10-7-3-2-4-8-5-7/h2-3,5H,1H3. The highest BCUT2D eigenvalue weighted by molar-refractivity contribution is 5.68. The third-order valence-corrected chi connectivity index (χ3v) is 0.850. The molecule has 0 unspecified atom stereocenters. The number of esters is 1. The fraction of sp³-hybridized carbons (Fsp3) is 0.143. The first-order valence-corrected chi connectivity index (χ1v) is 2.79. The van der Waals surface area contributed by atoms with Gasteiger partial charge in [-0.2, -0.15) is 0 Å². The van der Waals surface area contributed by atoms with E-state index in [1.807, 2.05) is 0 Å². The molecular formula is C7H6NO2. The van der Waals surface area contributed by atoms with Gasteiger partial charge in [0.25, 0.3) is 0 Å². The summed E-state index contributed by atoms with van der Waals surface area (Å²) < 4.78 is 4.69. The molecule has 0 aliphatic heterocycles. The average molecular weight is 136 g/mol. The molecule has 0 atom stereocenters. The van der Waals surface area contributed by atoms with Gasteiger partial charge < -0.3 is 4.74 Å². The van der Waals surface area contributed by atoms with E-state index in [9.17, 15) is 4.79 Å². The van der Waals surface area contributed by atoms with Gasteiger partial charge >= 0.3 is 5.97 Å². The summed E-state index contributed by atoms with van der Waals surface area (Å²) in [6.45, 7) is 1.34. The summed E-state index contributed by atoms with van der Waals surface area (Å²) in [5.41, 5.74) is 0. The second-order valence-electron chi connectivity index (χ2n) is 1.72. The van der Waals surface area contributed by atoms with Crippen molar-refractivity contribution in [3.05, 3.63) is 24.5 Å². The van der Waals surface area contributed by atoms with Crippen LogP contribution in [0.1, 0.15) is 6.92 Å². The Morgan fingerprint density at radius 1 is 1.80 bits per heavy atom. The van der Waals surface area contributed by atoms with Crippen LogP contribution in [0.3, 0.4) is 0 Å². The fourth-order valence-electron chi connectivity index (χ4n) is 0.533. The Hall–Kier alpha value is -1.38. The molecule has 0 aliphatic rings. The summed E-state index contributed by atoms with van der Waals surface area (Å²) in [5.74, 6) is 0.110. The SMILES string of the molecule is CC(=O)Oc1cc[c]nc1. The lowest BCUT2D eigenvalue weighted by molar-refractivity contribution is -0.131. The number of pyridine rings is 1. The van der Waals surface area contributed by atoms with Crippen molar-refractivity contribution in [2.24, 2.45) is 0 Å². The Morgan fingerprint density at radius 3 is 3.10 bits per heavy atom. The Balaban J connectivity index is 2.67. The number of hydrogen-bond acceptors (Lipinski definition) is 3. The molecule has 0 saturated heterocycles. The molecule has 0 fully saturated rings. The van der Waals surface area contributed by atoms with Gasteiger partial charge in [0.05, 0.1) is 12.4 Å². The van der Waals surface area contributed by atoms with Gasteiger partial charge in [-0.05, 0) is 12.1 Å². The average Bonchev–Trinajstić information content (AvgIpc) is 1.88. The minimum atomic E-state index is -0.340. The third-order valence-electron chi connectivity index (χ3n) is 0.850. The number of ether oxygens (including phenoxy) is 1. The van der Waals surface area contributed by atoms with Gasteiger partial charge in [-0.15, -0.1) is 0 Å². The summed E-state index contributed by atoms with van der Waals surface area (Å²) in [4.78, 5) is 14.0. The normalized spacial score (nSPS) is 8.90. The van der Waals surface area contributed by atoms with Crippen molar-refractivity contribution in [1.29, 1.82) is 0 Å². The molecule has 1 aromatic heterocycles. The molecule has 3 nitrogen and oxygen atoms in total. The van der Waals surface area contributed by atoms with Gasteiger partial charge in [0.1, 0.15) is 5.75 Å². The van der Waals surface area contributed by atoms with Crippen molar-refractivity contribution >= 4 is 5.97 Å². The fourth-order valence-corrected chi connectivity index (χ4v) is 0.533. The van der Waals surface area contributed by atoms with E-state index in [2.05, 4.69) is 11.2 Å². The van der Waals surface area contributed by atoms with Crippen molar-refractivity contribution < 1.29 is 9.53 Å². The number of rotatable bonds is 1. The molecule has 0 amide bonds. The lowest BCUT2D eigenvalue weighted by Crippen LogP contribution is -2.00. The van der Waals surface area contributed by atoms with E-state index < -0.39 is 0 Å².